The van der Waals surface area contributed by atoms with Crippen molar-refractivity contribution in [1.29, 1.82) is 0 Å². The van der Waals surface area contributed by atoms with Crippen molar-refractivity contribution < 1.29 is 0 Å². The molecule has 0 aromatic heterocycles. The van der Waals surface area contributed by atoms with Gasteiger partial charge in [-0.15, -0.1) is 0 Å². The van der Waals surface area contributed by atoms with Crippen molar-refractivity contribution in [3.05, 3.63) is 0 Å². The number of rotatable bonds is 13. The molecule has 2 aliphatic rings. The second-order valence-electron chi connectivity index (χ2n) is 7.40. The van der Waals surface area contributed by atoms with Crippen molar-refractivity contribution in [1.82, 2.24) is 0 Å². The van der Waals surface area contributed by atoms with Gasteiger partial charge >= 0.3 is 0 Å². The summed E-state index contributed by atoms with van der Waals surface area (Å²) in [6.45, 7) is 0. The van der Waals surface area contributed by atoms with Gasteiger partial charge in [-0.3, -0.25) is 0 Å². The third-order valence-corrected chi connectivity index (χ3v) is 10.5. The Bertz CT molecular complexity index is 216. The van der Waals surface area contributed by atoms with E-state index < -0.39 is 0 Å². The minimum atomic E-state index is 0.858. The Morgan fingerprint density at radius 3 is 0.955 bits per heavy atom. The molecule has 0 unspecified atom stereocenters. The largest absolute Gasteiger partial charge is 0.108 e. The van der Waals surface area contributed by atoms with Crippen LogP contribution in [0.2, 0.25) is 0 Å². The molecule has 0 spiro atoms. The first-order valence-corrected chi connectivity index (χ1v) is 13.7. The van der Waals surface area contributed by atoms with Crippen LogP contribution in [0.25, 0.3) is 0 Å². The van der Waals surface area contributed by atoms with E-state index >= 15 is 0 Å². The van der Waals surface area contributed by atoms with Crippen LogP contribution in [0.15, 0.2) is 0 Å². The van der Waals surface area contributed by atoms with Gasteiger partial charge in [0.25, 0.3) is 0 Å². The van der Waals surface area contributed by atoms with Crippen LogP contribution in [0.3, 0.4) is 0 Å². The Kier molecular flexibility index (Phi) is 11.3. The van der Waals surface area contributed by atoms with Crippen LogP contribution >= 0.6 is 0 Å². The molecule has 0 atom stereocenters. The van der Waals surface area contributed by atoms with Crippen LogP contribution in [-0.4, -0.2) is 34.5 Å². The summed E-state index contributed by atoms with van der Waals surface area (Å²) < 4.78 is 0. The highest BCUT2D eigenvalue weighted by atomic mass is 32.2. The smallest absolute Gasteiger partial charge is 0.0533 e. The first-order chi connectivity index (χ1) is 10.9. The van der Waals surface area contributed by atoms with Crippen LogP contribution in [-0.2, 0) is 21.8 Å². The summed E-state index contributed by atoms with van der Waals surface area (Å²) >= 11 is 0. The Morgan fingerprint density at radius 2 is 0.636 bits per heavy atom. The molecule has 2 fully saturated rings. The van der Waals surface area contributed by atoms with Crippen LogP contribution in [0.5, 0.6) is 0 Å². The Labute approximate surface area is 146 Å². The minimum absolute atomic E-state index is 0.858. The Morgan fingerprint density at radius 1 is 0.364 bits per heavy atom. The lowest BCUT2D eigenvalue weighted by Gasteiger charge is -2.03. The molecule has 2 aliphatic heterocycles. The third kappa shape index (κ3) is 9.11. The monoisotopic (exact) mass is 344 g/mol. The second kappa shape index (κ2) is 13.0. The van der Waals surface area contributed by atoms with Crippen molar-refractivity contribution in [2.45, 2.75) is 89.9 Å². The predicted molar refractivity (Wildman–Crippen MR) is 109 cm³/mol. The maximum Gasteiger partial charge on any atom is 0.108 e. The van der Waals surface area contributed by atoms with Crippen LogP contribution < -0.4 is 0 Å². The molecule has 22 heavy (non-hydrogen) atoms. The molecular weight excluding hydrogens is 304 g/mol. The van der Waals surface area contributed by atoms with E-state index in [2.05, 4.69) is 0 Å². The summed E-state index contributed by atoms with van der Waals surface area (Å²) in [5.41, 5.74) is 0. The highest BCUT2D eigenvalue weighted by molar-refractivity contribution is 7.97. The molecule has 2 heterocycles. The zero-order valence-corrected chi connectivity index (χ0v) is 16.6. The van der Waals surface area contributed by atoms with Crippen molar-refractivity contribution in [3.8, 4) is 0 Å². The molecule has 0 aromatic carbocycles. The zero-order chi connectivity index (χ0) is 15.3. The predicted octanol–water partition coefficient (Wildman–Crippen LogP) is 5.71. The first kappa shape index (κ1) is 19.0. The highest BCUT2D eigenvalue weighted by Crippen LogP contribution is 2.18. The Hall–Kier alpha value is 0.700. The van der Waals surface area contributed by atoms with E-state index in [0.29, 0.717) is 0 Å². The van der Waals surface area contributed by atoms with Crippen LogP contribution in [0.1, 0.15) is 89.9 Å². The average Bonchev–Trinajstić information content (AvgIpc) is 3.21. The third-order valence-electron chi connectivity index (χ3n) is 5.35. The molecule has 0 N–H and O–H groups in total. The lowest BCUT2D eigenvalue weighted by molar-refractivity contribution is 0.563. The lowest BCUT2D eigenvalue weighted by atomic mass is 10.1. The number of hydrogen-bond acceptors (Lipinski definition) is 0. The topological polar surface area (TPSA) is 0 Å². The summed E-state index contributed by atoms with van der Waals surface area (Å²) in [5.74, 6) is 9.42. The molecule has 0 saturated carbocycles. The quantitative estimate of drug-likeness (QED) is 0.296. The molecule has 0 nitrogen and oxygen atoms in total. The van der Waals surface area contributed by atoms with Gasteiger partial charge in [-0.25, -0.2) is 0 Å². The molecule has 0 radical (unpaired) electrons. The number of unbranched alkanes of at least 4 members (excludes halogenated alkanes) is 9. The average molecular weight is 345 g/mol. The summed E-state index contributed by atoms with van der Waals surface area (Å²) in [5, 5.41) is 0. The van der Waals surface area contributed by atoms with Gasteiger partial charge in [0.15, 0.2) is 0 Å². The first-order valence-electron chi connectivity index (χ1n) is 10.2. The maximum atomic E-state index is 1.57. The van der Waals surface area contributed by atoms with Gasteiger partial charge in [0.1, 0.15) is 34.5 Å². The standard InChI is InChI=1S/C20H40S2/c1(3-5-7-9-15-21-17-11-12-18-21)2-4-6-8-10-16-22-19-13-14-20-22/h1-20H2/q+2. The molecule has 0 bridgehead atoms. The van der Waals surface area contributed by atoms with Gasteiger partial charge in [-0.05, 0) is 73.2 Å². The van der Waals surface area contributed by atoms with E-state index in [1.165, 1.54) is 89.9 Å². The summed E-state index contributed by atoms with van der Waals surface area (Å²) in [6.07, 6.45) is 21.3. The molecule has 2 heteroatoms. The molecule has 0 amide bonds. The molecule has 2 saturated heterocycles. The molecule has 130 valence electrons. The second-order valence-corrected chi connectivity index (χ2v) is 12.3. The molecule has 0 aromatic rings. The molecule has 2 rings (SSSR count). The van der Waals surface area contributed by atoms with Gasteiger partial charge in [-0.1, -0.05) is 38.5 Å². The fourth-order valence-corrected chi connectivity index (χ4v) is 8.76. The van der Waals surface area contributed by atoms with Crippen LogP contribution in [0, 0.1) is 0 Å². The van der Waals surface area contributed by atoms with E-state index in [-0.39, 0.29) is 0 Å². The lowest BCUT2D eigenvalue weighted by Crippen LogP contribution is -2.08. The Balaban J connectivity index is 1.23. The van der Waals surface area contributed by atoms with Gasteiger partial charge in [-0.2, -0.15) is 0 Å². The fourth-order valence-electron chi connectivity index (χ4n) is 3.86. The fraction of sp³-hybridized carbons (Fsp3) is 1.00. The van der Waals surface area contributed by atoms with Crippen molar-refractivity contribution in [3.63, 3.8) is 0 Å². The summed E-state index contributed by atoms with van der Waals surface area (Å²) in [6, 6.07) is 0. The maximum absolute atomic E-state index is 1.57. The molecular formula is C20H40S2+2. The van der Waals surface area contributed by atoms with Crippen molar-refractivity contribution in [2.75, 3.05) is 34.5 Å². The van der Waals surface area contributed by atoms with E-state index in [1.54, 1.807) is 34.5 Å². The van der Waals surface area contributed by atoms with E-state index in [1.807, 2.05) is 0 Å². The van der Waals surface area contributed by atoms with Crippen molar-refractivity contribution >= 4 is 21.8 Å². The highest BCUT2D eigenvalue weighted by Gasteiger charge is 2.23. The number of hydrogen-bond donors (Lipinski definition) is 0. The van der Waals surface area contributed by atoms with E-state index in [4.69, 9.17) is 0 Å². The van der Waals surface area contributed by atoms with E-state index in [0.717, 1.165) is 21.8 Å². The van der Waals surface area contributed by atoms with Gasteiger partial charge < -0.3 is 0 Å². The van der Waals surface area contributed by atoms with Crippen molar-refractivity contribution in [2.24, 2.45) is 0 Å². The summed E-state index contributed by atoms with van der Waals surface area (Å²) in [7, 11) is 1.72. The SMILES string of the molecule is C(CCCCCC[S+]1CCCC1)CCCCC[S+]1CCCC1. The van der Waals surface area contributed by atoms with Gasteiger partial charge in [0.05, 0.1) is 0 Å². The normalized spacial score (nSPS) is 20.2. The van der Waals surface area contributed by atoms with Gasteiger partial charge in [0, 0.05) is 0 Å². The zero-order valence-electron chi connectivity index (χ0n) is 15.0. The minimum Gasteiger partial charge on any atom is -0.0533 e. The molecule has 0 aliphatic carbocycles. The van der Waals surface area contributed by atoms with E-state index in [9.17, 15) is 0 Å². The van der Waals surface area contributed by atoms with Crippen LogP contribution in [0.4, 0.5) is 0 Å². The summed E-state index contributed by atoms with van der Waals surface area (Å²) in [4.78, 5) is 0. The van der Waals surface area contributed by atoms with Gasteiger partial charge in [0.2, 0.25) is 0 Å².